The van der Waals surface area contributed by atoms with Gasteiger partial charge in [-0.25, -0.2) is 0 Å². The lowest BCUT2D eigenvalue weighted by Crippen LogP contribution is -2.52. The van der Waals surface area contributed by atoms with Gasteiger partial charge in [0.15, 0.2) is 0 Å². The minimum Gasteiger partial charge on any atom is -0.336 e. The number of hydrogen-bond acceptors (Lipinski definition) is 3. The summed E-state index contributed by atoms with van der Waals surface area (Å²) < 4.78 is 11.6. The molecule has 1 aromatic rings. The van der Waals surface area contributed by atoms with Crippen molar-refractivity contribution in [3.63, 3.8) is 0 Å². The van der Waals surface area contributed by atoms with Gasteiger partial charge >= 0.3 is 0 Å². The molecule has 1 unspecified atom stereocenters. The van der Waals surface area contributed by atoms with Crippen molar-refractivity contribution >= 4 is 40.1 Å². The molecule has 1 aromatic carbocycles. The van der Waals surface area contributed by atoms with E-state index in [9.17, 15) is 9.00 Å². The van der Waals surface area contributed by atoms with Gasteiger partial charge in [0.25, 0.3) is 5.91 Å². The zero-order chi connectivity index (χ0) is 15.6. The number of carbonyl (C=O) groups excluding carboxylic acids is 1. The van der Waals surface area contributed by atoms with E-state index in [0.717, 1.165) is 10.6 Å². The van der Waals surface area contributed by atoms with Crippen molar-refractivity contribution in [1.82, 2.24) is 4.90 Å². The van der Waals surface area contributed by atoms with Crippen LogP contribution in [0.1, 0.15) is 31.1 Å². The van der Waals surface area contributed by atoms with Crippen molar-refractivity contribution in [1.29, 1.82) is 0 Å². The molecule has 1 amide bonds. The monoisotopic (exact) mass is 345 g/mol. The molecule has 116 valence electrons. The third kappa shape index (κ3) is 3.82. The lowest BCUT2D eigenvalue weighted by atomic mass is 10.1. The van der Waals surface area contributed by atoms with Crippen LogP contribution in [0.2, 0.25) is 5.02 Å². The zero-order valence-electron chi connectivity index (χ0n) is 12.5. The van der Waals surface area contributed by atoms with E-state index in [-0.39, 0.29) is 10.7 Å². The molecule has 0 aromatic heterocycles. The molecule has 0 N–H and O–H groups in total. The lowest BCUT2D eigenvalue weighted by Gasteiger charge is -2.37. The van der Waals surface area contributed by atoms with Gasteiger partial charge in [0.05, 0.1) is 10.3 Å². The Balaban J connectivity index is 2.26. The summed E-state index contributed by atoms with van der Waals surface area (Å²) in [5.41, 5.74) is 0.690. The van der Waals surface area contributed by atoms with Crippen molar-refractivity contribution in [3.8, 4) is 0 Å². The maximum Gasteiger partial charge on any atom is 0.255 e. The summed E-state index contributed by atoms with van der Waals surface area (Å²) in [7, 11) is -0.877. The minimum atomic E-state index is -0.877. The summed E-state index contributed by atoms with van der Waals surface area (Å²) >= 11 is 7.65. The molecule has 1 heterocycles. The Kier molecular flexibility index (Phi) is 5.38. The molecule has 0 spiro atoms. The van der Waals surface area contributed by atoms with Crippen molar-refractivity contribution in [3.05, 3.63) is 28.8 Å². The molecule has 0 bridgehead atoms. The van der Waals surface area contributed by atoms with E-state index >= 15 is 0 Å². The first-order valence-electron chi connectivity index (χ1n) is 6.95. The van der Waals surface area contributed by atoms with Crippen molar-refractivity contribution in [2.24, 2.45) is 0 Å². The molecule has 0 radical (unpaired) electrons. The maximum atomic E-state index is 12.8. The Labute approximate surface area is 137 Å². The largest absolute Gasteiger partial charge is 0.336 e. The van der Waals surface area contributed by atoms with Crippen LogP contribution in [0, 0.1) is 0 Å². The van der Waals surface area contributed by atoms with E-state index < -0.39 is 10.8 Å². The summed E-state index contributed by atoms with van der Waals surface area (Å²) in [5, 5.41) is 0.641. The van der Waals surface area contributed by atoms with Gasteiger partial charge in [0.1, 0.15) is 0 Å². The summed E-state index contributed by atoms with van der Waals surface area (Å²) in [4.78, 5) is 15.5. The standard InChI is InChI=1S/C15H20ClNO2S2/c1-4-20-13-9-11(16)5-6-12(13)14(18)17-7-8-21(19)15(2,3)10-17/h5-6,9H,4,7-8,10H2,1-3H3. The normalized spacial score (nSPS) is 21.3. The Morgan fingerprint density at radius 2 is 2.19 bits per heavy atom. The molecule has 1 aliphatic heterocycles. The van der Waals surface area contributed by atoms with Gasteiger partial charge < -0.3 is 4.90 Å². The number of nitrogens with zero attached hydrogens (tertiary/aromatic N) is 1. The van der Waals surface area contributed by atoms with Gasteiger partial charge in [-0.15, -0.1) is 11.8 Å². The van der Waals surface area contributed by atoms with E-state index in [1.54, 1.807) is 23.9 Å². The van der Waals surface area contributed by atoms with Crippen molar-refractivity contribution < 1.29 is 9.00 Å². The molecule has 0 saturated carbocycles. The Bertz CT molecular complexity index is 575. The van der Waals surface area contributed by atoms with E-state index in [1.807, 2.05) is 31.7 Å². The first kappa shape index (κ1) is 16.8. The molecule has 6 heteroatoms. The highest BCUT2D eigenvalue weighted by Gasteiger charge is 2.35. The van der Waals surface area contributed by atoms with Gasteiger partial charge in [-0.1, -0.05) is 18.5 Å². The SMILES string of the molecule is CCSc1cc(Cl)ccc1C(=O)N1CCS(=O)C(C)(C)C1. The van der Waals surface area contributed by atoms with E-state index in [2.05, 4.69) is 0 Å². The van der Waals surface area contributed by atoms with Gasteiger partial charge in [0.2, 0.25) is 0 Å². The fraction of sp³-hybridized carbons (Fsp3) is 0.533. The number of hydrogen-bond donors (Lipinski definition) is 0. The molecule has 1 aliphatic rings. The van der Waals surface area contributed by atoms with Crippen LogP contribution >= 0.6 is 23.4 Å². The van der Waals surface area contributed by atoms with Gasteiger partial charge in [-0.3, -0.25) is 9.00 Å². The van der Waals surface area contributed by atoms with Crippen LogP contribution in [0.15, 0.2) is 23.1 Å². The van der Waals surface area contributed by atoms with Gasteiger partial charge in [-0.2, -0.15) is 0 Å². The summed E-state index contributed by atoms with van der Waals surface area (Å²) in [6.07, 6.45) is 0. The predicted octanol–water partition coefficient (Wildman–Crippen LogP) is 3.44. The number of benzene rings is 1. The molecule has 1 fully saturated rings. The molecule has 21 heavy (non-hydrogen) atoms. The number of carbonyl (C=O) groups is 1. The maximum absolute atomic E-state index is 12.8. The van der Waals surface area contributed by atoms with E-state index in [1.165, 1.54) is 0 Å². The molecule has 1 atom stereocenters. The average molecular weight is 346 g/mol. The highest BCUT2D eigenvalue weighted by molar-refractivity contribution is 7.99. The Morgan fingerprint density at radius 1 is 1.48 bits per heavy atom. The summed E-state index contributed by atoms with van der Waals surface area (Å²) in [6.45, 7) is 7.02. The van der Waals surface area contributed by atoms with Crippen LogP contribution in [-0.4, -0.2) is 44.4 Å². The molecule has 2 rings (SSSR count). The number of rotatable bonds is 3. The molecular formula is C15H20ClNO2S2. The predicted molar refractivity (Wildman–Crippen MR) is 90.8 cm³/mol. The van der Waals surface area contributed by atoms with Crippen LogP contribution in [0.3, 0.4) is 0 Å². The van der Waals surface area contributed by atoms with E-state index in [4.69, 9.17) is 11.6 Å². The second-order valence-electron chi connectivity index (χ2n) is 5.61. The summed E-state index contributed by atoms with van der Waals surface area (Å²) in [5.74, 6) is 1.44. The smallest absolute Gasteiger partial charge is 0.255 e. The number of halogens is 1. The second-order valence-corrected chi connectivity index (χ2v) is 9.56. The van der Waals surface area contributed by atoms with E-state index in [0.29, 0.717) is 29.4 Å². The highest BCUT2D eigenvalue weighted by atomic mass is 35.5. The van der Waals surface area contributed by atoms with Crippen LogP contribution in [-0.2, 0) is 10.8 Å². The Morgan fingerprint density at radius 3 is 2.81 bits per heavy atom. The van der Waals surface area contributed by atoms with Gasteiger partial charge in [-0.05, 0) is 37.8 Å². The van der Waals surface area contributed by atoms with Gasteiger partial charge in [0, 0.05) is 39.6 Å². The molecule has 3 nitrogen and oxygen atoms in total. The summed E-state index contributed by atoms with van der Waals surface area (Å²) in [6, 6.07) is 5.39. The van der Waals surface area contributed by atoms with Crippen molar-refractivity contribution in [2.75, 3.05) is 24.6 Å². The first-order chi connectivity index (χ1) is 9.85. The quantitative estimate of drug-likeness (QED) is 0.787. The number of thioether (sulfide) groups is 1. The fourth-order valence-electron chi connectivity index (χ4n) is 2.37. The lowest BCUT2D eigenvalue weighted by molar-refractivity contribution is 0.0742. The highest BCUT2D eigenvalue weighted by Crippen LogP contribution is 2.29. The second kappa shape index (κ2) is 6.71. The average Bonchev–Trinajstić information content (AvgIpc) is 2.42. The zero-order valence-corrected chi connectivity index (χ0v) is 14.9. The number of amides is 1. The topological polar surface area (TPSA) is 37.4 Å². The third-order valence-corrected chi connectivity index (χ3v) is 6.58. The first-order valence-corrected chi connectivity index (χ1v) is 9.63. The minimum absolute atomic E-state index is 0.00684. The Hall–Kier alpha value is -0.520. The molecular weight excluding hydrogens is 326 g/mol. The van der Waals surface area contributed by atoms with Crippen LogP contribution < -0.4 is 0 Å². The van der Waals surface area contributed by atoms with Crippen LogP contribution in [0.25, 0.3) is 0 Å². The molecule has 0 aliphatic carbocycles. The van der Waals surface area contributed by atoms with Crippen LogP contribution in [0.5, 0.6) is 0 Å². The molecule has 1 saturated heterocycles. The third-order valence-electron chi connectivity index (χ3n) is 3.50. The van der Waals surface area contributed by atoms with Crippen molar-refractivity contribution in [2.45, 2.75) is 30.4 Å². The fourth-order valence-corrected chi connectivity index (χ4v) is 4.68. The van der Waals surface area contributed by atoms with Crippen LogP contribution in [0.4, 0.5) is 0 Å².